The van der Waals surface area contributed by atoms with E-state index >= 15 is 0 Å². The molecule has 6 heteroatoms. The fourth-order valence-corrected chi connectivity index (χ4v) is 3.12. The van der Waals surface area contributed by atoms with Crippen LogP contribution in [0.5, 0.6) is 0 Å². The van der Waals surface area contributed by atoms with Crippen LogP contribution >= 0.6 is 22.7 Å². The maximum Gasteiger partial charge on any atom is 0.268 e. The highest BCUT2D eigenvalue weighted by molar-refractivity contribution is 7.13. The van der Waals surface area contributed by atoms with Gasteiger partial charge in [0.15, 0.2) is 0 Å². The quantitative estimate of drug-likeness (QED) is 0.679. The van der Waals surface area contributed by atoms with E-state index in [1.54, 1.807) is 17.4 Å². The second kappa shape index (κ2) is 5.41. The zero-order valence-electron chi connectivity index (χ0n) is 10.5. The Kier molecular flexibility index (Phi) is 3.46. The minimum Gasteiger partial charge on any atom is -0.333 e. The Morgan fingerprint density at radius 3 is 2.95 bits per heavy atom. The highest BCUT2D eigenvalue weighted by atomic mass is 32.1. The Morgan fingerprint density at radius 2 is 2.30 bits per heavy atom. The molecule has 0 aliphatic carbocycles. The number of aromatic nitrogens is 2. The first-order chi connectivity index (χ1) is 9.76. The van der Waals surface area contributed by atoms with Crippen molar-refractivity contribution in [1.29, 1.82) is 5.26 Å². The lowest BCUT2D eigenvalue weighted by Gasteiger charge is -1.88. The summed E-state index contributed by atoms with van der Waals surface area (Å²) in [5, 5.41) is 15.1. The molecule has 3 aromatic heterocycles. The van der Waals surface area contributed by atoms with Crippen molar-refractivity contribution in [3.8, 4) is 16.8 Å². The maximum absolute atomic E-state index is 9.25. The van der Waals surface area contributed by atoms with Crippen molar-refractivity contribution >= 4 is 34.3 Å². The van der Waals surface area contributed by atoms with Gasteiger partial charge in [0.1, 0.15) is 11.6 Å². The minimum absolute atomic E-state index is 0.252. The third-order valence-corrected chi connectivity index (χ3v) is 4.38. The molecule has 0 saturated carbocycles. The molecule has 0 bridgehead atoms. The van der Waals surface area contributed by atoms with Gasteiger partial charge in [0.25, 0.3) is 5.89 Å². The summed E-state index contributed by atoms with van der Waals surface area (Å²) in [6.45, 7) is 2.02. The van der Waals surface area contributed by atoms with Gasteiger partial charge in [-0.1, -0.05) is 11.2 Å². The summed E-state index contributed by atoms with van der Waals surface area (Å²) >= 11 is 3.15. The highest BCUT2D eigenvalue weighted by Gasteiger charge is 2.13. The van der Waals surface area contributed by atoms with Crippen molar-refractivity contribution < 1.29 is 4.52 Å². The fraction of sp³-hybridized carbons (Fsp3) is 0.0714. The Labute approximate surface area is 123 Å². The van der Waals surface area contributed by atoms with Gasteiger partial charge < -0.3 is 4.52 Å². The summed E-state index contributed by atoms with van der Waals surface area (Å²) in [5.41, 5.74) is 0.377. The molecule has 0 fully saturated rings. The van der Waals surface area contributed by atoms with Crippen molar-refractivity contribution in [2.24, 2.45) is 0 Å². The lowest BCUT2D eigenvalue weighted by Crippen LogP contribution is -1.81. The van der Waals surface area contributed by atoms with Gasteiger partial charge in [-0.05, 0) is 36.6 Å². The topological polar surface area (TPSA) is 62.7 Å². The number of hydrogen-bond donors (Lipinski definition) is 0. The van der Waals surface area contributed by atoms with Crippen LogP contribution < -0.4 is 0 Å². The van der Waals surface area contributed by atoms with Gasteiger partial charge in [-0.25, -0.2) is 0 Å². The first-order valence-electron chi connectivity index (χ1n) is 5.82. The SMILES string of the molecule is Cc1ccc(/C=C(/C#N)c2nc(-c3cccs3)no2)s1. The van der Waals surface area contributed by atoms with Crippen molar-refractivity contribution in [3.63, 3.8) is 0 Å². The van der Waals surface area contributed by atoms with Crippen LogP contribution in [0.4, 0.5) is 0 Å². The van der Waals surface area contributed by atoms with Gasteiger partial charge in [-0.3, -0.25) is 0 Å². The highest BCUT2D eigenvalue weighted by Crippen LogP contribution is 2.25. The van der Waals surface area contributed by atoms with Gasteiger partial charge in [-0.2, -0.15) is 10.2 Å². The van der Waals surface area contributed by atoms with Crippen LogP contribution in [0.1, 0.15) is 15.6 Å². The molecule has 3 heterocycles. The van der Waals surface area contributed by atoms with Crippen molar-refractivity contribution in [1.82, 2.24) is 10.1 Å². The third kappa shape index (κ3) is 2.54. The maximum atomic E-state index is 9.25. The minimum atomic E-state index is 0.252. The summed E-state index contributed by atoms with van der Waals surface area (Å²) < 4.78 is 5.18. The van der Waals surface area contributed by atoms with E-state index in [0.717, 1.165) is 9.75 Å². The second-order valence-corrected chi connectivity index (χ2v) is 6.29. The monoisotopic (exact) mass is 299 g/mol. The average molecular weight is 299 g/mol. The standard InChI is InChI=1S/C14H9N3OS2/c1-9-4-5-11(20-9)7-10(8-15)14-16-13(17-18-14)12-3-2-6-19-12/h2-7H,1H3/b10-7-. The summed E-state index contributed by atoms with van der Waals surface area (Å²) in [7, 11) is 0. The predicted octanol–water partition coefficient (Wildman–Crippen LogP) is 4.23. The van der Waals surface area contributed by atoms with Crippen LogP contribution in [0.15, 0.2) is 34.2 Å². The summed E-state index contributed by atoms with van der Waals surface area (Å²) in [6, 6.07) is 9.92. The summed E-state index contributed by atoms with van der Waals surface area (Å²) in [4.78, 5) is 7.38. The van der Waals surface area contributed by atoms with E-state index in [0.29, 0.717) is 11.4 Å². The molecule has 0 aromatic carbocycles. The molecule has 0 radical (unpaired) electrons. The Bertz CT molecular complexity index is 791. The molecule has 0 amide bonds. The van der Waals surface area contributed by atoms with Gasteiger partial charge in [0.05, 0.1) is 4.88 Å². The van der Waals surface area contributed by atoms with E-state index in [1.165, 1.54) is 16.2 Å². The van der Waals surface area contributed by atoms with E-state index in [2.05, 4.69) is 16.2 Å². The van der Waals surface area contributed by atoms with Crippen LogP contribution in [0, 0.1) is 18.3 Å². The van der Waals surface area contributed by atoms with E-state index in [1.807, 2.05) is 36.6 Å². The van der Waals surface area contributed by atoms with Gasteiger partial charge in [0, 0.05) is 9.75 Å². The van der Waals surface area contributed by atoms with Crippen molar-refractivity contribution in [2.45, 2.75) is 6.92 Å². The van der Waals surface area contributed by atoms with Crippen molar-refractivity contribution in [3.05, 3.63) is 45.3 Å². The van der Waals surface area contributed by atoms with Crippen LogP contribution in [0.25, 0.3) is 22.4 Å². The van der Waals surface area contributed by atoms with E-state index in [4.69, 9.17) is 4.52 Å². The lowest BCUT2D eigenvalue weighted by molar-refractivity contribution is 0.409. The first-order valence-corrected chi connectivity index (χ1v) is 7.52. The number of allylic oxidation sites excluding steroid dienone is 1. The molecule has 4 nitrogen and oxygen atoms in total. The molecule has 0 unspecified atom stereocenters. The lowest BCUT2D eigenvalue weighted by atomic mass is 10.2. The Hall–Kier alpha value is -2.23. The van der Waals surface area contributed by atoms with Crippen LogP contribution in [-0.4, -0.2) is 10.1 Å². The zero-order chi connectivity index (χ0) is 13.9. The number of nitrogens with zero attached hydrogens (tertiary/aromatic N) is 3. The molecule has 0 spiro atoms. The van der Waals surface area contributed by atoms with Crippen LogP contribution in [0.3, 0.4) is 0 Å². The molecule has 0 aliphatic rings. The van der Waals surface area contributed by atoms with Crippen molar-refractivity contribution in [2.75, 3.05) is 0 Å². The Balaban J connectivity index is 1.95. The van der Waals surface area contributed by atoms with Crippen LogP contribution in [0.2, 0.25) is 0 Å². The molecule has 3 aromatic rings. The molecule has 0 aliphatic heterocycles. The molecular weight excluding hydrogens is 290 g/mol. The molecule has 98 valence electrons. The molecule has 20 heavy (non-hydrogen) atoms. The van der Waals surface area contributed by atoms with E-state index in [-0.39, 0.29) is 5.89 Å². The number of nitriles is 1. The summed E-state index contributed by atoms with van der Waals surface area (Å²) in [5.74, 6) is 0.764. The smallest absolute Gasteiger partial charge is 0.268 e. The molecular formula is C14H9N3OS2. The normalized spacial score (nSPS) is 11.5. The van der Waals surface area contributed by atoms with Gasteiger partial charge in [-0.15, -0.1) is 22.7 Å². The molecule has 3 rings (SSSR count). The van der Waals surface area contributed by atoms with Gasteiger partial charge in [0.2, 0.25) is 5.82 Å². The number of thiophene rings is 2. The van der Waals surface area contributed by atoms with Gasteiger partial charge >= 0.3 is 0 Å². The molecule has 0 N–H and O–H groups in total. The third-order valence-electron chi connectivity index (χ3n) is 2.57. The summed E-state index contributed by atoms with van der Waals surface area (Å²) in [6.07, 6.45) is 1.77. The molecule has 0 saturated heterocycles. The number of hydrogen-bond acceptors (Lipinski definition) is 6. The van der Waals surface area contributed by atoms with Crippen LogP contribution in [-0.2, 0) is 0 Å². The Morgan fingerprint density at radius 1 is 1.40 bits per heavy atom. The van der Waals surface area contributed by atoms with E-state index < -0.39 is 0 Å². The average Bonchev–Trinajstić information content (AvgIpc) is 3.17. The number of rotatable bonds is 3. The largest absolute Gasteiger partial charge is 0.333 e. The predicted molar refractivity (Wildman–Crippen MR) is 80.2 cm³/mol. The van der Waals surface area contributed by atoms with E-state index in [9.17, 15) is 5.26 Å². The fourth-order valence-electron chi connectivity index (χ4n) is 1.65. The molecule has 0 atom stereocenters. The zero-order valence-corrected chi connectivity index (χ0v) is 12.2. The first kappa shape index (κ1) is 12.8. The number of aryl methyl sites for hydroxylation is 1. The second-order valence-electron chi connectivity index (χ2n) is 4.02.